The normalized spacial score (nSPS) is 12.0. The SMILES string of the molecule is O=C(N[C@H](CCO)C(=O)O)c1cccc(OC(F)F)c1. The Morgan fingerprint density at radius 1 is 1.35 bits per heavy atom. The predicted octanol–water partition coefficient (Wildman–Crippen LogP) is 0.853. The summed E-state index contributed by atoms with van der Waals surface area (Å²) in [4.78, 5) is 22.6. The Hall–Kier alpha value is -2.22. The summed E-state index contributed by atoms with van der Waals surface area (Å²) < 4.78 is 28.2. The number of carboxylic acids is 1. The van der Waals surface area contributed by atoms with Gasteiger partial charge >= 0.3 is 12.6 Å². The number of halogens is 2. The second kappa shape index (κ2) is 7.39. The molecule has 3 N–H and O–H groups in total. The van der Waals surface area contributed by atoms with Crippen LogP contribution in [-0.2, 0) is 4.79 Å². The van der Waals surface area contributed by atoms with Gasteiger partial charge in [-0.05, 0) is 18.2 Å². The van der Waals surface area contributed by atoms with Gasteiger partial charge in [-0.2, -0.15) is 8.78 Å². The van der Waals surface area contributed by atoms with Crippen LogP contribution in [0.15, 0.2) is 24.3 Å². The van der Waals surface area contributed by atoms with Crippen molar-refractivity contribution in [1.29, 1.82) is 0 Å². The fourth-order valence-electron chi connectivity index (χ4n) is 1.44. The van der Waals surface area contributed by atoms with E-state index in [1.54, 1.807) is 0 Å². The fraction of sp³-hybridized carbons (Fsp3) is 0.333. The van der Waals surface area contributed by atoms with Crippen molar-refractivity contribution in [3.05, 3.63) is 29.8 Å². The molecule has 0 saturated heterocycles. The molecule has 0 aliphatic heterocycles. The molecule has 8 heteroatoms. The lowest BCUT2D eigenvalue weighted by Gasteiger charge is -2.13. The molecular formula is C12H13F2NO5. The molecule has 0 unspecified atom stereocenters. The number of hydrogen-bond acceptors (Lipinski definition) is 4. The number of alkyl halides is 2. The van der Waals surface area contributed by atoms with Crippen molar-refractivity contribution < 1.29 is 33.3 Å². The summed E-state index contributed by atoms with van der Waals surface area (Å²) in [6.45, 7) is -3.43. The van der Waals surface area contributed by atoms with Crippen LogP contribution in [0.5, 0.6) is 5.75 Å². The van der Waals surface area contributed by atoms with E-state index in [0.717, 1.165) is 6.07 Å². The largest absolute Gasteiger partial charge is 0.480 e. The molecule has 1 rings (SSSR count). The van der Waals surface area contributed by atoms with Crippen molar-refractivity contribution in [1.82, 2.24) is 5.32 Å². The predicted molar refractivity (Wildman–Crippen MR) is 63.7 cm³/mol. The van der Waals surface area contributed by atoms with Gasteiger partial charge in [-0.25, -0.2) is 4.79 Å². The molecule has 1 aromatic carbocycles. The van der Waals surface area contributed by atoms with Crippen LogP contribution in [0, 0.1) is 0 Å². The number of carboxylic acid groups (broad SMARTS) is 1. The lowest BCUT2D eigenvalue weighted by Crippen LogP contribution is -2.41. The number of benzene rings is 1. The zero-order valence-electron chi connectivity index (χ0n) is 10.3. The van der Waals surface area contributed by atoms with Gasteiger partial charge in [-0.15, -0.1) is 0 Å². The molecule has 20 heavy (non-hydrogen) atoms. The highest BCUT2D eigenvalue weighted by molar-refractivity contribution is 5.96. The number of carbonyl (C=O) groups is 2. The van der Waals surface area contributed by atoms with E-state index in [1.165, 1.54) is 18.2 Å². The Kier molecular flexibility index (Phi) is 5.85. The van der Waals surface area contributed by atoms with Gasteiger partial charge in [0, 0.05) is 18.6 Å². The molecular weight excluding hydrogens is 276 g/mol. The number of carbonyl (C=O) groups excluding carboxylic acids is 1. The molecule has 1 aromatic rings. The maximum atomic E-state index is 12.0. The van der Waals surface area contributed by atoms with Crippen LogP contribution >= 0.6 is 0 Å². The molecule has 6 nitrogen and oxygen atoms in total. The zero-order chi connectivity index (χ0) is 15.1. The van der Waals surface area contributed by atoms with Crippen molar-refractivity contribution >= 4 is 11.9 Å². The molecule has 1 atom stereocenters. The molecule has 110 valence electrons. The molecule has 0 heterocycles. The van der Waals surface area contributed by atoms with Crippen LogP contribution in [0.25, 0.3) is 0 Å². The Bertz CT molecular complexity index is 481. The summed E-state index contributed by atoms with van der Waals surface area (Å²) in [7, 11) is 0. The van der Waals surface area contributed by atoms with E-state index in [1.807, 2.05) is 0 Å². The van der Waals surface area contributed by atoms with Crippen molar-refractivity contribution in [2.24, 2.45) is 0 Å². The van der Waals surface area contributed by atoms with Gasteiger partial charge in [0.2, 0.25) is 0 Å². The number of aliphatic hydroxyl groups is 1. The van der Waals surface area contributed by atoms with Gasteiger partial charge < -0.3 is 20.3 Å². The first-order valence-corrected chi connectivity index (χ1v) is 5.63. The third kappa shape index (κ3) is 4.81. The van der Waals surface area contributed by atoms with Gasteiger partial charge in [0.25, 0.3) is 5.91 Å². The first kappa shape index (κ1) is 15.8. The molecule has 0 radical (unpaired) electrons. The third-order valence-corrected chi connectivity index (χ3v) is 2.34. The number of ether oxygens (including phenoxy) is 1. The van der Waals surface area contributed by atoms with Gasteiger partial charge in [-0.1, -0.05) is 6.07 Å². The van der Waals surface area contributed by atoms with Crippen LogP contribution < -0.4 is 10.1 Å². The molecule has 0 aliphatic rings. The first-order valence-electron chi connectivity index (χ1n) is 5.63. The van der Waals surface area contributed by atoms with Gasteiger partial charge in [-0.3, -0.25) is 4.79 Å². The highest BCUT2D eigenvalue weighted by Crippen LogP contribution is 2.16. The highest BCUT2D eigenvalue weighted by atomic mass is 19.3. The van der Waals surface area contributed by atoms with Gasteiger partial charge in [0.05, 0.1) is 0 Å². The number of aliphatic carboxylic acids is 1. The molecule has 0 spiro atoms. The quantitative estimate of drug-likeness (QED) is 0.691. The van der Waals surface area contributed by atoms with Crippen LogP contribution in [0.1, 0.15) is 16.8 Å². The molecule has 0 saturated carbocycles. The van der Waals surface area contributed by atoms with Crippen LogP contribution in [-0.4, -0.2) is 41.3 Å². The van der Waals surface area contributed by atoms with Crippen molar-refractivity contribution in [2.45, 2.75) is 19.1 Å². The third-order valence-electron chi connectivity index (χ3n) is 2.34. The lowest BCUT2D eigenvalue weighted by molar-refractivity contribution is -0.139. The van der Waals surface area contributed by atoms with E-state index in [4.69, 9.17) is 10.2 Å². The van der Waals surface area contributed by atoms with E-state index < -0.39 is 31.1 Å². The minimum absolute atomic E-state index is 0.0210. The topological polar surface area (TPSA) is 95.9 Å². The molecule has 0 bridgehead atoms. The van der Waals surface area contributed by atoms with Crippen molar-refractivity contribution in [3.63, 3.8) is 0 Å². The summed E-state index contributed by atoms with van der Waals surface area (Å²) >= 11 is 0. The van der Waals surface area contributed by atoms with Crippen LogP contribution in [0.4, 0.5) is 8.78 Å². The van der Waals surface area contributed by atoms with E-state index in [2.05, 4.69) is 10.1 Å². The van der Waals surface area contributed by atoms with E-state index in [9.17, 15) is 18.4 Å². The molecule has 0 aliphatic carbocycles. The Morgan fingerprint density at radius 2 is 2.05 bits per heavy atom. The average Bonchev–Trinajstić information content (AvgIpc) is 2.37. The molecule has 0 fully saturated rings. The summed E-state index contributed by atoms with van der Waals surface area (Å²) in [6, 6.07) is 3.71. The van der Waals surface area contributed by atoms with E-state index >= 15 is 0 Å². The van der Waals surface area contributed by atoms with E-state index in [-0.39, 0.29) is 17.7 Å². The maximum Gasteiger partial charge on any atom is 0.387 e. The van der Waals surface area contributed by atoms with Crippen molar-refractivity contribution in [3.8, 4) is 5.75 Å². The second-order valence-corrected chi connectivity index (χ2v) is 3.78. The number of hydrogen-bond donors (Lipinski definition) is 3. The monoisotopic (exact) mass is 289 g/mol. The fourth-order valence-corrected chi connectivity index (χ4v) is 1.44. The summed E-state index contributed by atoms with van der Waals surface area (Å²) in [5, 5.41) is 19.7. The number of nitrogens with one attached hydrogen (secondary N) is 1. The summed E-state index contributed by atoms with van der Waals surface area (Å²) in [6.07, 6.45) is -0.158. The zero-order valence-corrected chi connectivity index (χ0v) is 10.3. The standard InChI is InChI=1S/C12H13F2NO5/c13-12(14)20-8-3-1-2-7(6-8)10(17)15-9(4-5-16)11(18)19/h1-3,6,9,12,16H,4-5H2,(H,15,17)(H,18,19)/t9-/m1/s1. The lowest BCUT2D eigenvalue weighted by atomic mass is 10.1. The molecule has 1 amide bonds. The summed E-state index contributed by atoms with van der Waals surface area (Å²) in [5.41, 5.74) is -0.0210. The average molecular weight is 289 g/mol. The highest BCUT2D eigenvalue weighted by Gasteiger charge is 2.20. The smallest absolute Gasteiger partial charge is 0.387 e. The van der Waals surface area contributed by atoms with Crippen LogP contribution in [0.3, 0.4) is 0 Å². The minimum atomic E-state index is -3.02. The van der Waals surface area contributed by atoms with Gasteiger partial charge in [0.1, 0.15) is 11.8 Å². The maximum absolute atomic E-state index is 12.0. The Morgan fingerprint density at radius 3 is 2.60 bits per heavy atom. The summed E-state index contributed by atoms with van der Waals surface area (Å²) in [5.74, 6) is -2.26. The molecule has 0 aromatic heterocycles. The van der Waals surface area contributed by atoms with Crippen LogP contribution in [0.2, 0.25) is 0 Å². The van der Waals surface area contributed by atoms with Crippen molar-refractivity contribution in [2.75, 3.05) is 6.61 Å². The number of amides is 1. The Labute approximate surface area is 113 Å². The van der Waals surface area contributed by atoms with E-state index in [0.29, 0.717) is 0 Å². The first-order chi connectivity index (χ1) is 9.43. The minimum Gasteiger partial charge on any atom is -0.480 e. The number of aliphatic hydroxyl groups excluding tert-OH is 1. The Balaban J connectivity index is 2.78. The second-order valence-electron chi connectivity index (χ2n) is 3.78. The van der Waals surface area contributed by atoms with Gasteiger partial charge in [0.15, 0.2) is 0 Å². The number of rotatable bonds is 7.